The number of piperidine rings is 1. The third-order valence-electron chi connectivity index (χ3n) is 2.93. The smallest absolute Gasteiger partial charge is 0.249 e. The molecule has 2 fully saturated rings. The molecule has 2 heterocycles. The quantitative estimate of drug-likeness (QED) is 0.590. The summed E-state index contributed by atoms with van der Waals surface area (Å²) in [6.45, 7) is 1.66. The molecule has 0 saturated carbocycles. The fourth-order valence-corrected chi connectivity index (χ4v) is 2.06. The molecule has 2 rings (SSSR count). The summed E-state index contributed by atoms with van der Waals surface area (Å²) < 4.78 is 0. The van der Waals surface area contributed by atoms with Crippen molar-refractivity contribution < 1.29 is 19.2 Å². The fourth-order valence-electron chi connectivity index (χ4n) is 2.06. The maximum Gasteiger partial charge on any atom is 0.249 e. The second-order valence-electron chi connectivity index (χ2n) is 4.17. The predicted molar refractivity (Wildman–Crippen MR) is 51.8 cm³/mol. The number of imide groups is 2. The third-order valence-corrected chi connectivity index (χ3v) is 2.93. The lowest BCUT2D eigenvalue weighted by Gasteiger charge is -2.28. The summed E-state index contributed by atoms with van der Waals surface area (Å²) >= 11 is 0. The monoisotopic (exact) mass is 224 g/mol. The van der Waals surface area contributed by atoms with Crippen molar-refractivity contribution in [2.75, 3.05) is 0 Å². The number of rotatable bonds is 1. The Morgan fingerprint density at radius 3 is 2.44 bits per heavy atom. The van der Waals surface area contributed by atoms with Crippen LogP contribution in [0.25, 0.3) is 0 Å². The maximum absolute atomic E-state index is 11.7. The zero-order valence-corrected chi connectivity index (χ0v) is 8.86. The van der Waals surface area contributed by atoms with E-state index in [1.807, 2.05) is 0 Å². The van der Waals surface area contributed by atoms with Gasteiger partial charge in [-0.05, 0) is 6.42 Å². The van der Waals surface area contributed by atoms with E-state index in [4.69, 9.17) is 0 Å². The van der Waals surface area contributed by atoms with Gasteiger partial charge >= 0.3 is 0 Å². The minimum Gasteiger partial charge on any atom is -0.295 e. The summed E-state index contributed by atoms with van der Waals surface area (Å²) in [7, 11) is 0. The Bertz CT molecular complexity index is 390. The van der Waals surface area contributed by atoms with Crippen molar-refractivity contribution in [3.05, 3.63) is 0 Å². The van der Waals surface area contributed by atoms with Crippen molar-refractivity contribution in [3.8, 4) is 0 Å². The van der Waals surface area contributed by atoms with E-state index in [1.54, 1.807) is 6.92 Å². The molecule has 0 radical (unpaired) electrons. The van der Waals surface area contributed by atoms with Crippen LogP contribution in [0.1, 0.15) is 26.2 Å². The highest BCUT2D eigenvalue weighted by Gasteiger charge is 2.44. The number of hydrogen-bond acceptors (Lipinski definition) is 4. The molecular formula is C10H12N2O4. The molecular weight excluding hydrogens is 212 g/mol. The van der Waals surface area contributed by atoms with Gasteiger partial charge in [-0.1, -0.05) is 6.92 Å². The van der Waals surface area contributed by atoms with Crippen LogP contribution in [0, 0.1) is 5.92 Å². The zero-order chi connectivity index (χ0) is 11.9. The van der Waals surface area contributed by atoms with E-state index in [2.05, 4.69) is 5.32 Å². The average molecular weight is 224 g/mol. The molecule has 1 N–H and O–H groups in total. The summed E-state index contributed by atoms with van der Waals surface area (Å²) in [4.78, 5) is 46.7. The van der Waals surface area contributed by atoms with Crippen molar-refractivity contribution in [2.45, 2.75) is 32.2 Å². The van der Waals surface area contributed by atoms with Crippen LogP contribution < -0.4 is 5.32 Å². The Morgan fingerprint density at radius 2 is 1.94 bits per heavy atom. The normalized spacial score (nSPS) is 30.9. The molecule has 2 atom stereocenters. The first-order valence-electron chi connectivity index (χ1n) is 5.20. The Hall–Kier alpha value is -1.72. The molecule has 2 saturated heterocycles. The number of likely N-dealkylation sites (tertiary alicyclic amines) is 1. The number of nitrogens with zero attached hydrogens (tertiary/aromatic N) is 1. The molecule has 6 heteroatoms. The fraction of sp³-hybridized carbons (Fsp3) is 0.600. The lowest BCUT2D eigenvalue weighted by Crippen LogP contribution is -2.54. The molecule has 0 aromatic rings. The van der Waals surface area contributed by atoms with Gasteiger partial charge in [-0.2, -0.15) is 0 Å². The molecule has 2 aliphatic rings. The summed E-state index contributed by atoms with van der Waals surface area (Å²) in [5, 5.41) is 2.14. The van der Waals surface area contributed by atoms with Gasteiger partial charge in [0, 0.05) is 18.8 Å². The molecule has 2 aliphatic heterocycles. The Morgan fingerprint density at radius 1 is 1.25 bits per heavy atom. The summed E-state index contributed by atoms with van der Waals surface area (Å²) in [6, 6.07) is -0.803. The molecule has 6 nitrogen and oxygen atoms in total. The van der Waals surface area contributed by atoms with Crippen LogP contribution in [0.2, 0.25) is 0 Å². The van der Waals surface area contributed by atoms with E-state index in [0.29, 0.717) is 0 Å². The summed E-state index contributed by atoms with van der Waals surface area (Å²) in [5.74, 6) is -1.91. The highest BCUT2D eigenvalue weighted by atomic mass is 16.2. The number of carbonyl (C=O) groups is 4. The molecule has 0 bridgehead atoms. The van der Waals surface area contributed by atoms with E-state index < -0.39 is 11.9 Å². The van der Waals surface area contributed by atoms with Crippen LogP contribution in [0.5, 0.6) is 0 Å². The molecule has 86 valence electrons. The minimum atomic E-state index is -0.803. The first-order valence-corrected chi connectivity index (χ1v) is 5.20. The molecule has 0 spiro atoms. The van der Waals surface area contributed by atoms with Gasteiger partial charge in [0.2, 0.25) is 23.6 Å². The lowest BCUT2D eigenvalue weighted by molar-refractivity contribution is -0.151. The molecule has 16 heavy (non-hydrogen) atoms. The van der Waals surface area contributed by atoms with Crippen LogP contribution in [0.3, 0.4) is 0 Å². The number of carbonyl (C=O) groups excluding carboxylic acids is 4. The number of amides is 4. The SMILES string of the molecule is C[C@H]1CC(=O)N([C@@H]2CCC(=O)NC2=O)C1=O. The standard InChI is InChI=1S/C10H12N2O4/c1-5-4-8(14)12(10(5)16)6-2-3-7(13)11-9(6)15/h5-6H,2-4H2,1H3,(H,11,13,15)/t5-,6+/m0/s1. The minimum absolute atomic E-state index is 0.149. The van der Waals surface area contributed by atoms with Gasteiger partial charge in [-0.15, -0.1) is 0 Å². The lowest BCUT2D eigenvalue weighted by atomic mass is 10.0. The van der Waals surface area contributed by atoms with Gasteiger partial charge in [-0.25, -0.2) is 0 Å². The average Bonchev–Trinajstić information content (AvgIpc) is 2.43. The second-order valence-corrected chi connectivity index (χ2v) is 4.17. The second kappa shape index (κ2) is 3.70. The number of nitrogens with one attached hydrogen (secondary N) is 1. The van der Waals surface area contributed by atoms with Crippen LogP contribution in [-0.4, -0.2) is 34.6 Å². The van der Waals surface area contributed by atoms with Gasteiger partial charge < -0.3 is 0 Å². The van der Waals surface area contributed by atoms with Gasteiger partial charge in [0.15, 0.2) is 0 Å². The molecule has 0 aromatic heterocycles. The van der Waals surface area contributed by atoms with Crippen molar-refractivity contribution in [3.63, 3.8) is 0 Å². The van der Waals surface area contributed by atoms with Crippen LogP contribution in [-0.2, 0) is 19.2 Å². The van der Waals surface area contributed by atoms with Crippen molar-refractivity contribution >= 4 is 23.6 Å². The Labute approximate surface area is 92.0 Å². The number of hydrogen-bond donors (Lipinski definition) is 1. The van der Waals surface area contributed by atoms with Crippen molar-refractivity contribution in [1.82, 2.24) is 10.2 Å². The van der Waals surface area contributed by atoms with Gasteiger partial charge in [0.05, 0.1) is 0 Å². The van der Waals surface area contributed by atoms with E-state index in [-0.39, 0.29) is 42.9 Å². The van der Waals surface area contributed by atoms with Gasteiger partial charge in [0.1, 0.15) is 6.04 Å². The Balaban J connectivity index is 2.19. The molecule has 0 aliphatic carbocycles. The highest BCUT2D eigenvalue weighted by molar-refractivity contribution is 6.09. The van der Waals surface area contributed by atoms with Crippen LogP contribution >= 0.6 is 0 Å². The zero-order valence-electron chi connectivity index (χ0n) is 8.86. The molecule has 0 unspecified atom stereocenters. The van der Waals surface area contributed by atoms with Crippen LogP contribution in [0.4, 0.5) is 0 Å². The first kappa shape index (κ1) is 10.8. The van der Waals surface area contributed by atoms with Crippen molar-refractivity contribution in [1.29, 1.82) is 0 Å². The maximum atomic E-state index is 11.7. The molecule has 0 aromatic carbocycles. The summed E-state index contributed by atoms with van der Waals surface area (Å²) in [5.41, 5.74) is 0. The third kappa shape index (κ3) is 1.60. The van der Waals surface area contributed by atoms with E-state index in [0.717, 1.165) is 4.90 Å². The van der Waals surface area contributed by atoms with Crippen molar-refractivity contribution in [2.24, 2.45) is 5.92 Å². The van der Waals surface area contributed by atoms with Gasteiger partial charge in [0.25, 0.3) is 0 Å². The first-order chi connectivity index (χ1) is 7.50. The molecule has 4 amide bonds. The van der Waals surface area contributed by atoms with E-state index in [1.165, 1.54) is 0 Å². The predicted octanol–water partition coefficient (Wildman–Crippen LogP) is -0.813. The topological polar surface area (TPSA) is 83.6 Å². The van der Waals surface area contributed by atoms with E-state index in [9.17, 15) is 19.2 Å². The van der Waals surface area contributed by atoms with E-state index >= 15 is 0 Å². The highest BCUT2D eigenvalue weighted by Crippen LogP contribution is 2.24. The largest absolute Gasteiger partial charge is 0.295 e. The Kier molecular flexibility index (Phi) is 2.49. The van der Waals surface area contributed by atoms with Gasteiger partial charge in [-0.3, -0.25) is 29.4 Å². The van der Waals surface area contributed by atoms with Crippen LogP contribution in [0.15, 0.2) is 0 Å². The summed E-state index contributed by atoms with van der Waals surface area (Å²) in [6.07, 6.45) is 0.549.